The van der Waals surface area contributed by atoms with Gasteiger partial charge in [-0.05, 0) is 31.4 Å². The quantitative estimate of drug-likeness (QED) is 0.155. The van der Waals surface area contributed by atoms with E-state index in [1.807, 2.05) is 7.05 Å². The second kappa shape index (κ2) is 10.4. The summed E-state index contributed by atoms with van der Waals surface area (Å²) in [6.07, 6.45) is 7.30. The standard InChI is InChI=1S/C22H29N5O2.HI/c1-23-22(26-15-10-17(16-26)25-12-6-7-13-25)24-11-4-5-14-27-20(28)18-8-2-3-9-19(18)21(27)29;/h2-3,6-9,17H,4-5,10-16H2,1H3,(H,23,24);1H. The maximum atomic E-state index is 12.4. The highest BCUT2D eigenvalue weighted by Crippen LogP contribution is 2.22. The molecule has 7 nitrogen and oxygen atoms in total. The summed E-state index contributed by atoms with van der Waals surface area (Å²) in [6.45, 7) is 5.39. The number of benzene rings is 1. The molecule has 2 amide bonds. The number of unbranched alkanes of at least 4 members (excludes halogenated alkanes) is 1. The molecule has 1 fully saturated rings. The summed E-state index contributed by atoms with van der Waals surface area (Å²) in [4.78, 5) is 35.4. The highest BCUT2D eigenvalue weighted by Gasteiger charge is 2.34. The Bertz CT molecular complexity index is 798. The minimum absolute atomic E-state index is 0. The van der Waals surface area contributed by atoms with Crippen LogP contribution >= 0.6 is 24.0 Å². The molecular weight excluding hydrogens is 493 g/mol. The van der Waals surface area contributed by atoms with Crippen molar-refractivity contribution in [2.24, 2.45) is 4.99 Å². The number of imide groups is 1. The minimum atomic E-state index is -0.172. The van der Waals surface area contributed by atoms with E-state index in [1.54, 1.807) is 24.3 Å². The first-order valence-electron chi connectivity index (χ1n) is 10.5. The molecule has 1 aromatic rings. The third-order valence-electron chi connectivity index (χ3n) is 6.01. The number of guanidine groups is 1. The molecule has 0 aromatic heterocycles. The smallest absolute Gasteiger partial charge is 0.261 e. The van der Waals surface area contributed by atoms with E-state index < -0.39 is 0 Å². The van der Waals surface area contributed by atoms with Crippen LogP contribution in [0.3, 0.4) is 0 Å². The summed E-state index contributed by atoms with van der Waals surface area (Å²) in [5.41, 5.74) is 1.04. The fourth-order valence-corrected chi connectivity index (χ4v) is 4.39. The molecule has 0 radical (unpaired) electrons. The average Bonchev–Trinajstić information content (AvgIpc) is 3.48. The fourth-order valence-electron chi connectivity index (χ4n) is 4.39. The van der Waals surface area contributed by atoms with Crippen molar-refractivity contribution in [1.82, 2.24) is 20.0 Å². The second-order valence-corrected chi connectivity index (χ2v) is 7.80. The van der Waals surface area contributed by atoms with Gasteiger partial charge in [-0.1, -0.05) is 24.3 Å². The summed E-state index contributed by atoms with van der Waals surface area (Å²) < 4.78 is 0. The van der Waals surface area contributed by atoms with Crippen LogP contribution in [-0.4, -0.2) is 84.8 Å². The molecule has 1 atom stereocenters. The number of carbonyl (C=O) groups excluding carboxylic acids is 2. The Morgan fingerprint density at radius 2 is 1.77 bits per heavy atom. The third-order valence-corrected chi connectivity index (χ3v) is 6.01. The lowest BCUT2D eigenvalue weighted by atomic mass is 10.1. The maximum Gasteiger partial charge on any atom is 0.261 e. The largest absolute Gasteiger partial charge is 0.356 e. The molecule has 0 saturated carbocycles. The van der Waals surface area contributed by atoms with Crippen molar-refractivity contribution in [2.75, 3.05) is 46.3 Å². The molecular formula is C22H30IN5O2. The molecule has 162 valence electrons. The van der Waals surface area contributed by atoms with Crippen molar-refractivity contribution >= 4 is 41.8 Å². The number of likely N-dealkylation sites (tertiary alicyclic amines) is 1. The van der Waals surface area contributed by atoms with Gasteiger partial charge in [0.1, 0.15) is 0 Å². The number of nitrogens with one attached hydrogen (secondary N) is 1. The number of hydrogen-bond acceptors (Lipinski definition) is 4. The van der Waals surface area contributed by atoms with Gasteiger partial charge >= 0.3 is 0 Å². The van der Waals surface area contributed by atoms with Crippen molar-refractivity contribution in [2.45, 2.75) is 25.3 Å². The maximum absolute atomic E-state index is 12.4. The van der Waals surface area contributed by atoms with Gasteiger partial charge in [-0.2, -0.15) is 0 Å². The van der Waals surface area contributed by atoms with Gasteiger partial charge in [-0.25, -0.2) is 0 Å². The molecule has 1 aromatic carbocycles. The summed E-state index contributed by atoms with van der Waals surface area (Å²) in [5.74, 6) is 0.600. The molecule has 0 aliphatic carbocycles. The Kier molecular flexibility index (Phi) is 7.87. The number of halogens is 1. The highest BCUT2D eigenvalue weighted by molar-refractivity contribution is 14.0. The molecule has 0 bridgehead atoms. The van der Waals surface area contributed by atoms with Gasteiger partial charge in [-0.15, -0.1) is 24.0 Å². The minimum Gasteiger partial charge on any atom is -0.356 e. The first kappa shape index (κ1) is 22.7. The number of nitrogens with zero attached hydrogens (tertiary/aromatic N) is 4. The Hall–Kier alpha value is -1.94. The fraction of sp³-hybridized carbons (Fsp3) is 0.500. The topological polar surface area (TPSA) is 68.2 Å². The van der Waals surface area contributed by atoms with Gasteiger partial charge < -0.3 is 10.2 Å². The van der Waals surface area contributed by atoms with Crippen LogP contribution in [0.5, 0.6) is 0 Å². The van der Waals surface area contributed by atoms with Gasteiger partial charge in [0.15, 0.2) is 5.96 Å². The van der Waals surface area contributed by atoms with E-state index in [1.165, 1.54) is 11.3 Å². The Morgan fingerprint density at radius 1 is 1.10 bits per heavy atom. The Morgan fingerprint density at radius 3 is 2.40 bits per heavy atom. The van der Waals surface area contributed by atoms with E-state index >= 15 is 0 Å². The summed E-state index contributed by atoms with van der Waals surface area (Å²) in [5, 5.41) is 3.44. The molecule has 3 heterocycles. The van der Waals surface area contributed by atoms with E-state index in [0.29, 0.717) is 23.7 Å². The van der Waals surface area contributed by atoms with E-state index in [2.05, 4.69) is 32.3 Å². The Balaban J connectivity index is 0.00000256. The summed E-state index contributed by atoms with van der Waals surface area (Å²) in [7, 11) is 1.83. The van der Waals surface area contributed by atoms with Crippen molar-refractivity contribution in [3.8, 4) is 0 Å². The second-order valence-electron chi connectivity index (χ2n) is 7.80. The van der Waals surface area contributed by atoms with Gasteiger partial charge in [0.2, 0.25) is 0 Å². The van der Waals surface area contributed by atoms with Gasteiger partial charge in [0.25, 0.3) is 11.8 Å². The van der Waals surface area contributed by atoms with E-state index in [9.17, 15) is 9.59 Å². The van der Waals surface area contributed by atoms with Gasteiger partial charge in [0, 0.05) is 52.4 Å². The zero-order chi connectivity index (χ0) is 20.2. The molecule has 0 spiro atoms. The van der Waals surface area contributed by atoms with E-state index in [0.717, 1.165) is 51.5 Å². The van der Waals surface area contributed by atoms with Crippen LogP contribution in [0.25, 0.3) is 0 Å². The van der Waals surface area contributed by atoms with Crippen molar-refractivity contribution in [1.29, 1.82) is 0 Å². The molecule has 3 aliphatic rings. The van der Waals surface area contributed by atoms with Crippen molar-refractivity contribution in [3.05, 3.63) is 47.5 Å². The first-order chi connectivity index (χ1) is 14.2. The molecule has 30 heavy (non-hydrogen) atoms. The number of amides is 2. The molecule has 4 rings (SSSR count). The van der Waals surface area contributed by atoms with Crippen LogP contribution in [0.2, 0.25) is 0 Å². The predicted molar refractivity (Wildman–Crippen MR) is 129 cm³/mol. The molecule has 1 N–H and O–H groups in total. The van der Waals surface area contributed by atoms with Crippen LogP contribution < -0.4 is 5.32 Å². The lowest BCUT2D eigenvalue weighted by molar-refractivity contribution is 0.0652. The predicted octanol–water partition coefficient (Wildman–Crippen LogP) is 2.20. The SMILES string of the molecule is CN=C(NCCCCN1C(=O)c2ccccc2C1=O)N1CCC(N2CC=CC2)C1.I. The van der Waals surface area contributed by atoms with Crippen molar-refractivity contribution in [3.63, 3.8) is 0 Å². The Labute approximate surface area is 195 Å². The van der Waals surface area contributed by atoms with Crippen LogP contribution in [0.4, 0.5) is 0 Å². The normalized spacial score (nSPS) is 21.4. The number of fused-ring (bicyclic) bond motifs is 1. The number of aliphatic imine (C=N–C) groups is 1. The summed E-state index contributed by atoms with van der Waals surface area (Å²) in [6, 6.07) is 7.64. The van der Waals surface area contributed by atoms with Crippen molar-refractivity contribution < 1.29 is 9.59 Å². The van der Waals surface area contributed by atoms with Crippen LogP contribution in [0, 0.1) is 0 Å². The van der Waals surface area contributed by atoms with E-state index in [4.69, 9.17) is 0 Å². The van der Waals surface area contributed by atoms with Crippen LogP contribution in [-0.2, 0) is 0 Å². The lowest BCUT2D eigenvalue weighted by Crippen LogP contribution is -2.43. The first-order valence-corrected chi connectivity index (χ1v) is 10.5. The molecule has 1 saturated heterocycles. The number of rotatable bonds is 6. The van der Waals surface area contributed by atoms with E-state index in [-0.39, 0.29) is 35.8 Å². The zero-order valence-corrected chi connectivity index (χ0v) is 19.7. The van der Waals surface area contributed by atoms with Gasteiger partial charge in [-0.3, -0.25) is 24.4 Å². The lowest BCUT2D eigenvalue weighted by Gasteiger charge is -2.25. The van der Waals surface area contributed by atoms with Crippen LogP contribution in [0.15, 0.2) is 41.4 Å². The highest BCUT2D eigenvalue weighted by atomic mass is 127. The molecule has 1 unspecified atom stereocenters. The average molecular weight is 523 g/mol. The number of carbonyl (C=O) groups is 2. The van der Waals surface area contributed by atoms with Gasteiger partial charge in [0.05, 0.1) is 11.1 Å². The number of hydrogen-bond donors (Lipinski definition) is 1. The summed E-state index contributed by atoms with van der Waals surface area (Å²) >= 11 is 0. The third kappa shape index (κ3) is 4.69. The molecule has 8 heteroatoms. The zero-order valence-electron chi connectivity index (χ0n) is 17.4. The molecule has 3 aliphatic heterocycles. The monoisotopic (exact) mass is 523 g/mol. The van der Waals surface area contributed by atoms with Crippen LogP contribution in [0.1, 0.15) is 40.0 Å².